The van der Waals surface area contributed by atoms with E-state index >= 15 is 0 Å². The number of methoxy groups -OCH3 is 1. The first-order valence-corrected chi connectivity index (χ1v) is 3.25. The number of hydrogen-bond donors (Lipinski definition) is 1. The van der Waals surface area contributed by atoms with Gasteiger partial charge in [0, 0.05) is 0 Å². The normalized spacial score (nSPS) is 15.8. The first-order chi connectivity index (χ1) is 7.09. The number of halogens is 3. The average molecular weight is 194 g/mol. The van der Waals surface area contributed by atoms with E-state index in [1.54, 1.807) is 0 Å². The Morgan fingerprint density at radius 1 is 1.46 bits per heavy atom. The Morgan fingerprint density at radius 2 is 2.15 bits per heavy atom. The number of benzene rings is 1. The lowest BCUT2D eigenvalue weighted by Crippen LogP contribution is -2.05. The molecule has 0 unspecified atom stereocenters. The second-order valence-corrected chi connectivity index (χ2v) is 2.35. The topological polar surface area (TPSA) is 35.2 Å². The van der Waals surface area contributed by atoms with E-state index < -0.39 is 18.8 Å². The molecule has 0 saturated heterocycles. The molecule has 5 heteroatoms. The second-order valence-electron chi connectivity index (χ2n) is 2.35. The van der Waals surface area contributed by atoms with Crippen molar-refractivity contribution in [1.29, 1.82) is 0 Å². The molecule has 1 rings (SSSR count). The van der Waals surface area contributed by atoms with Crippen LogP contribution in [0.4, 0.5) is 18.9 Å². The molecule has 0 spiro atoms. The fourth-order valence-corrected chi connectivity index (χ4v) is 0.818. The molecule has 2 nitrogen and oxygen atoms in total. The van der Waals surface area contributed by atoms with Crippen LogP contribution < -0.4 is 10.5 Å². The fraction of sp³-hybridized carbons (Fsp3) is 0.250. The third-order valence-corrected chi connectivity index (χ3v) is 1.45. The summed E-state index contributed by atoms with van der Waals surface area (Å²) in [5.74, 6) is -0.298. The van der Waals surface area contributed by atoms with Crippen LogP contribution in [0.1, 0.15) is 9.68 Å². The van der Waals surface area contributed by atoms with Crippen molar-refractivity contribution in [3.8, 4) is 5.75 Å². The molecule has 0 fully saturated rings. The zero-order valence-corrected chi connectivity index (χ0v) is 6.35. The van der Waals surface area contributed by atoms with Crippen molar-refractivity contribution in [2.45, 2.75) is 6.18 Å². The van der Waals surface area contributed by atoms with Gasteiger partial charge in [-0.05, 0) is 18.2 Å². The van der Waals surface area contributed by atoms with E-state index in [4.69, 9.17) is 9.85 Å². The van der Waals surface area contributed by atoms with Crippen LogP contribution >= 0.6 is 0 Å². The van der Waals surface area contributed by atoms with E-state index in [0.29, 0.717) is 12.1 Å². The van der Waals surface area contributed by atoms with Crippen LogP contribution in [0.15, 0.2) is 18.2 Å². The van der Waals surface area contributed by atoms with E-state index in [2.05, 4.69) is 4.74 Å². The number of alkyl halides is 3. The summed E-state index contributed by atoms with van der Waals surface area (Å²) in [5, 5.41) is 0. The highest BCUT2D eigenvalue weighted by Crippen LogP contribution is 2.33. The van der Waals surface area contributed by atoms with Gasteiger partial charge in [-0.2, -0.15) is 13.2 Å². The van der Waals surface area contributed by atoms with Crippen molar-refractivity contribution in [2.24, 2.45) is 0 Å². The number of ether oxygens (including phenoxy) is 1. The van der Waals surface area contributed by atoms with Gasteiger partial charge in [0.2, 0.25) is 0 Å². The molecule has 0 saturated carbocycles. The van der Waals surface area contributed by atoms with Crippen LogP contribution in [0.5, 0.6) is 5.75 Å². The van der Waals surface area contributed by atoms with E-state index in [0.717, 1.165) is 6.07 Å². The van der Waals surface area contributed by atoms with E-state index in [1.807, 2.05) is 0 Å². The van der Waals surface area contributed by atoms with Crippen molar-refractivity contribution in [2.75, 3.05) is 12.8 Å². The molecule has 0 radical (unpaired) electrons. The maximum Gasteiger partial charge on any atom is 0.416 e. The quantitative estimate of drug-likeness (QED) is 0.696. The molecule has 0 bridgehead atoms. The highest BCUT2D eigenvalue weighted by molar-refractivity contribution is 5.54. The number of rotatable bonds is 1. The number of nitrogens with two attached hydrogens (primary N) is 1. The monoisotopic (exact) mass is 194 g/mol. The zero-order valence-electron chi connectivity index (χ0n) is 9.35. The highest BCUT2D eigenvalue weighted by Gasteiger charge is 2.30. The molecular formula is C8H8F3NO. The standard InChI is InChI=1S/C8H8F3NO/c1-13-7-3-2-5(4-6(7)12)8(9,10)11/h2-4H,12H2,1H3/i1D3. The van der Waals surface area contributed by atoms with Crippen molar-refractivity contribution in [3.63, 3.8) is 0 Å². The van der Waals surface area contributed by atoms with Crippen molar-refractivity contribution >= 4 is 5.69 Å². The summed E-state index contributed by atoms with van der Waals surface area (Å²) in [5.41, 5.74) is 3.93. The van der Waals surface area contributed by atoms with Crippen LogP contribution in [-0.2, 0) is 6.18 Å². The summed E-state index contributed by atoms with van der Waals surface area (Å²) < 4.78 is 61.4. The van der Waals surface area contributed by atoms with Gasteiger partial charge in [0.15, 0.2) is 0 Å². The molecule has 0 amide bonds. The smallest absolute Gasteiger partial charge is 0.416 e. The molecule has 0 atom stereocenters. The third-order valence-electron chi connectivity index (χ3n) is 1.45. The van der Waals surface area contributed by atoms with Crippen molar-refractivity contribution in [1.82, 2.24) is 0 Å². The Morgan fingerprint density at radius 3 is 2.62 bits per heavy atom. The molecule has 0 heterocycles. The maximum absolute atomic E-state index is 12.2. The lowest BCUT2D eigenvalue weighted by Gasteiger charge is -2.09. The Balaban J connectivity index is 3.01. The second kappa shape index (κ2) is 3.16. The van der Waals surface area contributed by atoms with Gasteiger partial charge in [-0.1, -0.05) is 0 Å². The molecule has 0 aliphatic rings. The van der Waals surface area contributed by atoms with Gasteiger partial charge in [-0.25, -0.2) is 0 Å². The van der Waals surface area contributed by atoms with Crippen LogP contribution in [0.2, 0.25) is 0 Å². The van der Waals surface area contributed by atoms with Crippen molar-refractivity contribution in [3.05, 3.63) is 23.8 Å². The minimum absolute atomic E-state index is 0.298. The molecule has 1 aromatic carbocycles. The minimum Gasteiger partial charge on any atom is -0.495 e. The molecule has 72 valence electrons. The van der Waals surface area contributed by atoms with Gasteiger partial charge in [0.1, 0.15) is 5.75 Å². The first-order valence-electron chi connectivity index (χ1n) is 4.75. The van der Waals surface area contributed by atoms with E-state index in [-0.39, 0.29) is 11.4 Å². The predicted octanol–water partition coefficient (Wildman–Crippen LogP) is 2.30. The van der Waals surface area contributed by atoms with Crippen LogP contribution in [0.3, 0.4) is 0 Å². The average Bonchev–Trinajstić information content (AvgIpc) is 2.04. The van der Waals surface area contributed by atoms with Gasteiger partial charge in [0.05, 0.1) is 22.4 Å². The largest absolute Gasteiger partial charge is 0.495 e. The zero-order chi connectivity index (χ0) is 12.6. The summed E-state index contributed by atoms with van der Waals surface area (Å²) in [6.45, 7) is 0. The van der Waals surface area contributed by atoms with E-state index in [1.165, 1.54) is 0 Å². The SMILES string of the molecule is [2H]C([2H])([2H])Oc1ccc(C(F)(F)F)cc1N. The Labute approximate surface area is 77.3 Å². The summed E-state index contributed by atoms with van der Waals surface area (Å²) in [6, 6.07) is 2.21. The Kier molecular flexibility index (Phi) is 1.49. The van der Waals surface area contributed by atoms with Crippen LogP contribution in [0.25, 0.3) is 0 Å². The summed E-state index contributed by atoms with van der Waals surface area (Å²) >= 11 is 0. The van der Waals surface area contributed by atoms with Crippen LogP contribution in [-0.4, -0.2) is 7.04 Å². The summed E-state index contributed by atoms with van der Waals surface area (Å²) in [4.78, 5) is 0. The van der Waals surface area contributed by atoms with Gasteiger partial charge >= 0.3 is 6.18 Å². The molecule has 0 aliphatic carbocycles. The predicted molar refractivity (Wildman–Crippen MR) is 42.4 cm³/mol. The minimum atomic E-state index is -4.52. The lowest BCUT2D eigenvalue weighted by molar-refractivity contribution is -0.137. The lowest BCUT2D eigenvalue weighted by atomic mass is 10.2. The molecule has 0 aliphatic heterocycles. The molecular weight excluding hydrogens is 183 g/mol. The number of nitrogen functional groups attached to an aromatic ring is 1. The van der Waals surface area contributed by atoms with Gasteiger partial charge in [0.25, 0.3) is 0 Å². The molecule has 0 aromatic heterocycles. The van der Waals surface area contributed by atoms with Crippen molar-refractivity contribution < 1.29 is 22.0 Å². The fourth-order valence-electron chi connectivity index (χ4n) is 0.818. The van der Waals surface area contributed by atoms with E-state index in [9.17, 15) is 13.2 Å². The first kappa shape index (κ1) is 6.12. The van der Waals surface area contributed by atoms with Gasteiger partial charge < -0.3 is 10.5 Å². The molecule has 13 heavy (non-hydrogen) atoms. The number of anilines is 1. The maximum atomic E-state index is 12.2. The highest BCUT2D eigenvalue weighted by atomic mass is 19.4. The Bertz CT molecular complexity index is 389. The number of hydrogen-bond acceptors (Lipinski definition) is 2. The van der Waals surface area contributed by atoms with Gasteiger partial charge in [-0.3, -0.25) is 0 Å². The molecule has 2 N–H and O–H groups in total. The summed E-state index contributed by atoms with van der Waals surface area (Å²) in [6.07, 6.45) is -4.52. The van der Waals surface area contributed by atoms with Gasteiger partial charge in [-0.15, -0.1) is 0 Å². The molecule has 1 aromatic rings. The van der Waals surface area contributed by atoms with Crippen LogP contribution in [0, 0.1) is 0 Å². The third kappa shape index (κ3) is 2.05. The summed E-state index contributed by atoms with van der Waals surface area (Å²) in [7, 11) is -2.74. The Hall–Kier alpha value is -1.39.